The molecule has 0 unspecified atom stereocenters. The van der Waals surface area contributed by atoms with Crippen LogP contribution in [0.3, 0.4) is 0 Å². The molecular weight excluding hydrogens is 238 g/mol. The number of hydrogen-bond acceptors (Lipinski definition) is 4. The van der Waals surface area contributed by atoms with Crippen molar-refractivity contribution >= 4 is 0 Å². The average Bonchev–Trinajstić information content (AvgIpc) is 2.99. The minimum Gasteiger partial charge on any atom is -0.339 e. The van der Waals surface area contributed by atoms with Crippen molar-refractivity contribution in [2.75, 3.05) is 0 Å². The highest BCUT2D eigenvalue weighted by Crippen LogP contribution is 2.30. The average molecular weight is 257 g/mol. The molecule has 0 bridgehead atoms. The molecule has 1 heterocycles. The molecule has 100 valence electrons. The summed E-state index contributed by atoms with van der Waals surface area (Å²) < 4.78 is 5.34. The molecule has 1 fully saturated rings. The predicted octanol–water partition coefficient (Wildman–Crippen LogP) is 2.86. The van der Waals surface area contributed by atoms with Crippen molar-refractivity contribution in [3.63, 3.8) is 0 Å². The van der Waals surface area contributed by atoms with Crippen molar-refractivity contribution in [3.05, 3.63) is 35.7 Å². The third-order valence-corrected chi connectivity index (χ3v) is 3.85. The number of benzene rings is 1. The molecule has 1 aliphatic rings. The summed E-state index contributed by atoms with van der Waals surface area (Å²) in [6.07, 6.45) is 5.20. The molecule has 4 nitrogen and oxygen atoms in total. The molecule has 0 spiro atoms. The molecule has 0 atom stereocenters. The molecule has 1 saturated carbocycles. The Hall–Kier alpha value is -1.68. The van der Waals surface area contributed by atoms with E-state index in [9.17, 15) is 0 Å². The van der Waals surface area contributed by atoms with Crippen molar-refractivity contribution in [2.24, 2.45) is 5.73 Å². The smallest absolute Gasteiger partial charge is 0.228 e. The standard InChI is InChI=1S/C15H19N3O/c1-11-5-4-6-12(9-11)14-17-13(19-18-14)10-15(16)7-2-3-8-15/h4-6,9H,2-3,7-8,10,16H2,1H3. The Bertz CT molecular complexity index is 570. The van der Waals surface area contributed by atoms with Gasteiger partial charge >= 0.3 is 0 Å². The number of rotatable bonds is 3. The van der Waals surface area contributed by atoms with Crippen LogP contribution in [0.1, 0.15) is 37.1 Å². The maximum atomic E-state index is 6.34. The Morgan fingerprint density at radius 1 is 1.32 bits per heavy atom. The first-order valence-corrected chi connectivity index (χ1v) is 6.83. The number of nitrogens with two attached hydrogens (primary N) is 1. The predicted molar refractivity (Wildman–Crippen MR) is 73.6 cm³/mol. The van der Waals surface area contributed by atoms with E-state index in [2.05, 4.69) is 29.2 Å². The van der Waals surface area contributed by atoms with Gasteiger partial charge in [0.1, 0.15) is 0 Å². The lowest BCUT2D eigenvalue weighted by Crippen LogP contribution is -2.38. The van der Waals surface area contributed by atoms with Gasteiger partial charge in [0.05, 0.1) is 0 Å². The Labute approximate surface area is 113 Å². The topological polar surface area (TPSA) is 64.9 Å². The molecule has 1 aromatic carbocycles. The van der Waals surface area contributed by atoms with Crippen LogP contribution in [0.25, 0.3) is 11.4 Å². The summed E-state index contributed by atoms with van der Waals surface area (Å²) in [5, 5.41) is 4.06. The van der Waals surface area contributed by atoms with Crippen molar-refractivity contribution in [1.82, 2.24) is 10.1 Å². The van der Waals surface area contributed by atoms with Crippen molar-refractivity contribution in [2.45, 2.75) is 44.6 Å². The van der Waals surface area contributed by atoms with Gasteiger partial charge in [0, 0.05) is 17.5 Å². The van der Waals surface area contributed by atoms with Crippen LogP contribution in [0, 0.1) is 6.92 Å². The van der Waals surface area contributed by atoms with Gasteiger partial charge in [-0.2, -0.15) is 4.98 Å². The van der Waals surface area contributed by atoms with Crippen LogP contribution in [0.2, 0.25) is 0 Å². The molecule has 4 heteroatoms. The summed E-state index contributed by atoms with van der Waals surface area (Å²) >= 11 is 0. The summed E-state index contributed by atoms with van der Waals surface area (Å²) in [6.45, 7) is 2.05. The monoisotopic (exact) mass is 257 g/mol. The van der Waals surface area contributed by atoms with Gasteiger partial charge in [0.15, 0.2) is 0 Å². The zero-order chi connectivity index (χ0) is 13.3. The lowest BCUT2D eigenvalue weighted by Gasteiger charge is -2.20. The van der Waals surface area contributed by atoms with Gasteiger partial charge < -0.3 is 10.3 Å². The second kappa shape index (κ2) is 4.78. The van der Waals surface area contributed by atoms with Crippen LogP contribution in [-0.4, -0.2) is 15.7 Å². The zero-order valence-electron chi connectivity index (χ0n) is 11.2. The summed E-state index contributed by atoms with van der Waals surface area (Å²) in [7, 11) is 0. The normalized spacial score (nSPS) is 17.8. The van der Waals surface area contributed by atoms with Gasteiger partial charge in [0.2, 0.25) is 11.7 Å². The van der Waals surface area contributed by atoms with Crippen LogP contribution in [-0.2, 0) is 6.42 Å². The number of aromatic nitrogens is 2. The molecule has 2 N–H and O–H groups in total. The maximum Gasteiger partial charge on any atom is 0.228 e. The van der Waals surface area contributed by atoms with Crippen molar-refractivity contribution in [1.29, 1.82) is 0 Å². The van der Waals surface area contributed by atoms with Crippen LogP contribution in [0.4, 0.5) is 0 Å². The van der Waals surface area contributed by atoms with Gasteiger partial charge in [-0.3, -0.25) is 0 Å². The first kappa shape index (κ1) is 12.4. The SMILES string of the molecule is Cc1cccc(-c2noc(CC3(N)CCCC3)n2)c1. The molecule has 2 aromatic rings. The zero-order valence-corrected chi connectivity index (χ0v) is 11.2. The van der Waals surface area contributed by atoms with E-state index >= 15 is 0 Å². The second-order valence-electron chi connectivity index (χ2n) is 5.63. The van der Waals surface area contributed by atoms with E-state index < -0.39 is 0 Å². The summed E-state index contributed by atoms with van der Waals surface area (Å²) in [5.41, 5.74) is 8.38. The fourth-order valence-electron chi connectivity index (χ4n) is 2.79. The number of nitrogens with zero attached hydrogens (tertiary/aromatic N) is 2. The van der Waals surface area contributed by atoms with Gasteiger partial charge in [-0.1, -0.05) is 41.8 Å². The largest absolute Gasteiger partial charge is 0.339 e. The van der Waals surface area contributed by atoms with E-state index in [1.54, 1.807) is 0 Å². The molecular formula is C15H19N3O. The number of hydrogen-bond donors (Lipinski definition) is 1. The highest BCUT2D eigenvalue weighted by atomic mass is 16.5. The van der Waals surface area contributed by atoms with Crippen LogP contribution in [0.5, 0.6) is 0 Å². The minimum absolute atomic E-state index is 0.142. The van der Waals surface area contributed by atoms with Gasteiger partial charge in [-0.25, -0.2) is 0 Å². The summed E-state index contributed by atoms with van der Waals surface area (Å²) in [4.78, 5) is 4.47. The van der Waals surface area contributed by atoms with E-state index in [1.807, 2.05) is 12.1 Å². The van der Waals surface area contributed by atoms with Gasteiger partial charge in [-0.15, -0.1) is 0 Å². The second-order valence-corrected chi connectivity index (χ2v) is 5.63. The first-order valence-electron chi connectivity index (χ1n) is 6.83. The molecule has 0 amide bonds. The fourth-order valence-corrected chi connectivity index (χ4v) is 2.79. The highest BCUT2D eigenvalue weighted by molar-refractivity contribution is 5.55. The quantitative estimate of drug-likeness (QED) is 0.918. The Morgan fingerprint density at radius 3 is 2.84 bits per heavy atom. The van der Waals surface area contributed by atoms with Gasteiger partial charge in [-0.05, 0) is 25.8 Å². The summed E-state index contributed by atoms with van der Waals surface area (Å²) in [5.74, 6) is 1.31. The molecule has 19 heavy (non-hydrogen) atoms. The van der Waals surface area contributed by atoms with E-state index in [0.29, 0.717) is 18.1 Å². The Balaban J connectivity index is 1.79. The van der Waals surface area contributed by atoms with Gasteiger partial charge in [0.25, 0.3) is 0 Å². The van der Waals surface area contributed by atoms with E-state index in [4.69, 9.17) is 10.3 Å². The summed E-state index contributed by atoms with van der Waals surface area (Å²) in [6, 6.07) is 8.11. The van der Waals surface area contributed by atoms with Crippen molar-refractivity contribution < 1.29 is 4.52 Å². The van der Waals surface area contributed by atoms with Crippen LogP contribution < -0.4 is 5.73 Å². The molecule has 0 radical (unpaired) electrons. The molecule has 1 aromatic heterocycles. The lowest BCUT2D eigenvalue weighted by atomic mass is 9.95. The van der Waals surface area contributed by atoms with Crippen molar-refractivity contribution in [3.8, 4) is 11.4 Å². The van der Waals surface area contributed by atoms with Crippen LogP contribution in [0.15, 0.2) is 28.8 Å². The number of aryl methyl sites for hydroxylation is 1. The molecule has 0 aliphatic heterocycles. The minimum atomic E-state index is -0.142. The van der Waals surface area contributed by atoms with E-state index in [0.717, 1.165) is 18.4 Å². The van der Waals surface area contributed by atoms with E-state index in [-0.39, 0.29) is 5.54 Å². The molecule has 1 aliphatic carbocycles. The third kappa shape index (κ3) is 2.68. The van der Waals surface area contributed by atoms with E-state index in [1.165, 1.54) is 18.4 Å². The molecule has 0 saturated heterocycles. The molecule has 3 rings (SSSR count). The third-order valence-electron chi connectivity index (χ3n) is 3.85. The Kier molecular flexibility index (Phi) is 3.11. The fraction of sp³-hybridized carbons (Fsp3) is 0.467. The van der Waals surface area contributed by atoms with Crippen LogP contribution >= 0.6 is 0 Å². The highest BCUT2D eigenvalue weighted by Gasteiger charge is 2.31. The maximum absolute atomic E-state index is 6.34. The first-order chi connectivity index (χ1) is 9.15. The Morgan fingerprint density at radius 2 is 2.11 bits per heavy atom. The lowest BCUT2D eigenvalue weighted by molar-refractivity contribution is 0.329.